The van der Waals surface area contributed by atoms with Gasteiger partial charge in [0.25, 0.3) is 0 Å². The Morgan fingerprint density at radius 1 is 1.58 bits per heavy atom. The van der Waals surface area contributed by atoms with Crippen molar-refractivity contribution in [1.82, 2.24) is 0 Å². The van der Waals surface area contributed by atoms with Crippen molar-refractivity contribution in [3.63, 3.8) is 0 Å². The molecule has 0 aromatic heterocycles. The van der Waals surface area contributed by atoms with Crippen LogP contribution in [0, 0.1) is 5.82 Å². The first-order chi connectivity index (χ1) is 5.65. The normalized spacial score (nSPS) is 10.0. The standard InChI is InChI=1S/C8H10ClFN2/c1-12(5-11)6-2-3-8(10)7(9)4-6/h2-4H,5,11H2,1H3. The lowest BCUT2D eigenvalue weighted by atomic mass is 10.3. The van der Waals surface area contributed by atoms with E-state index >= 15 is 0 Å². The molecule has 0 heterocycles. The summed E-state index contributed by atoms with van der Waals surface area (Å²) in [6.45, 7) is 0.377. The molecule has 0 atom stereocenters. The minimum absolute atomic E-state index is 0.118. The maximum absolute atomic E-state index is 12.7. The summed E-state index contributed by atoms with van der Waals surface area (Å²) in [7, 11) is 1.81. The van der Waals surface area contributed by atoms with Crippen molar-refractivity contribution in [2.75, 3.05) is 18.6 Å². The number of hydrogen-bond donors (Lipinski definition) is 1. The van der Waals surface area contributed by atoms with Crippen molar-refractivity contribution in [2.45, 2.75) is 0 Å². The van der Waals surface area contributed by atoms with Crippen LogP contribution in [-0.2, 0) is 0 Å². The van der Waals surface area contributed by atoms with E-state index in [1.165, 1.54) is 6.07 Å². The SMILES string of the molecule is CN(CN)c1ccc(F)c(Cl)c1. The van der Waals surface area contributed by atoms with E-state index in [9.17, 15) is 4.39 Å². The van der Waals surface area contributed by atoms with Crippen LogP contribution in [0.15, 0.2) is 18.2 Å². The topological polar surface area (TPSA) is 29.3 Å². The molecule has 0 fully saturated rings. The Hall–Kier alpha value is -0.800. The second-order valence-electron chi connectivity index (χ2n) is 2.48. The second-order valence-corrected chi connectivity index (χ2v) is 2.89. The van der Waals surface area contributed by atoms with Gasteiger partial charge in [0.1, 0.15) is 5.82 Å². The van der Waals surface area contributed by atoms with Gasteiger partial charge in [-0.25, -0.2) is 4.39 Å². The monoisotopic (exact) mass is 188 g/mol. The van der Waals surface area contributed by atoms with Gasteiger partial charge < -0.3 is 10.6 Å². The van der Waals surface area contributed by atoms with Crippen LogP contribution in [0.25, 0.3) is 0 Å². The Bertz CT molecular complexity index is 278. The lowest BCUT2D eigenvalue weighted by molar-refractivity contribution is 0.628. The number of nitrogens with zero attached hydrogens (tertiary/aromatic N) is 1. The summed E-state index contributed by atoms with van der Waals surface area (Å²) >= 11 is 5.57. The highest BCUT2D eigenvalue weighted by atomic mass is 35.5. The Kier molecular flexibility index (Phi) is 2.89. The van der Waals surface area contributed by atoms with Crippen molar-refractivity contribution in [3.8, 4) is 0 Å². The van der Waals surface area contributed by atoms with Gasteiger partial charge in [-0.2, -0.15) is 0 Å². The number of hydrogen-bond acceptors (Lipinski definition) is 2. The number of rotatable bonds is 2. The summed E-state index contributed by atoms with van der Waals surface area (Å²) in [5, 5.41) is 0.118. The van der Waals surface area contributed by atoms with E-state index < -0.39 is 5.82 Å². The highest BCUT2D eigenvalue weighted by Gasteiger charge is 2.02. The third-order valence-corrected chi connectivity index (χ3v) is 1.91. The van der Waals surface area contributed by atoms with Crippen LogP contribution < -0.4 is 10.6 Å². The Morgan fingerprint density at radius 2 is 2.25 bits per heavy atom. The van der Waals surface area contributed by atoms with Gasteiger partial charge in [-0.3, -0.25) is 0 Å². The van der Waals surface area contributed by atoms with E-state index in [2.05, 4.69) is 0 Å². The summed E-state index contributed by atoms with van der Waals surface area (Å²) in [5.41, 5.74) is 6.19. The van der Waals surface area contributed by atoms with E-state index in [4.69, 9.17) is 17.3 Å². The quantitative estimate of drug-likeness (QED) is 0.718. The summed E-state index contributed by atoms with van der Waals surface area (Å²) in [6.07, 6.45) is 0. The van der Waals surface area contributed by atoms with Crippen LogP contribution in [0.5, 0.6) is 0 Å². The molecule has 2 N–H and O–H groups in total. The molecule has 0 radical (unpaired) electrons. The molecule has 0 spiro atoms. The average molecular weight is 189 g/mol. The number of anilines is 1. The number of nitrogens with two attached hydrogens (primary N) is 1. The van der Waals surface area contributed by atoms with Gasteiger partial charge in [0.15, 0.2) is 0 Å². The van der Waals surface area contributed by atoms with Gasteiger partial charge in [0, 0.05) is 12.7 Å². The fraction of sp³-hybridized carbons (Fsp3) is 0.250. The smallest absolute Gasteiger partial charge is 0.141 e. The van der Waals surface area contributed by atoms with E-state index in [1.807, 2.05) is 7.05 Å². The van der Waals surface area contributed by atoms with Gasteiger partial charge >= 0.3 is 0 Å². The molecular formula is C8H10ClFN2. The van der Waals surface area contributed by atoms with Crippen LogP contribution in [0.2, 0.25) is 5.02 Å². The van der Waals surface area contributed by atoms with Crippen LogP contribution >= 0.6 is 11.6 Å². The molecule has 1 aromatic carbocycles. The maximum atomic E-state index is 12.7. The van der Waals surface area contributed by atoms with Crippen LogP contribution in [-0.4, -0.2) is 13.7 Å². The highest BCUT2D eigenvalue weighted by molar-refractivity contribution is 6.31. The zero-order chi connectivity index (χ0) is 9.14. The zero-order valence-electron chi connectivity index (χ0n) is 6.72. The predicted molar refractivity (Wildman–Crippen MR) is 48.9 cm³/mol. The van der Waals surface area contributed by atoms with E-state index in [0.29, 0.717) is 6.67 Å². The van der Waals surface area contributed by atoms with E-state index in [1.54, 1.807) is 17.0 Å². The highest BCUT2D eigenvalue weighted by Crippen LogP contribution is 2.20. The molecule has 0 aliphatic rings. The largest absolute Gasteiger partial charge is 0.362 e. The fourth-order valence-electron chi connectivity index (χ4n) is 0.828. The molecule has 4 heteroatoms. The molecule has 0 unspecified atom stereocenters. The van der Waals surface area contributed by atoms with Gasteiger partial charge in [0.2, 0.25) is 0 Å². The average Bonchev–Trinajstić information content (AvgIpc) is 2.08. The molecule has 0 aliphatic heterocycles. The maximum Gasteiger partial charge on any atom is 0.141 e. The van der Waals surface area contributed by atoms with Crippen LogP contribution in [0.3, 0.4) is 0 Å². The van der Waals surface area contributed by atoms with Crippen molar-refractivity contribution >= 4 is 17.3 Å². The molecule has 0 saturated carbocycles. The molecule has 12 heavy (non-hydrogen) atoms. The molecule has 0 bridgehead atoms. The van der Waals surface area contributed by atoms with Crippen LogP contribution in [0.1, 0.15) is 0 Å². The molecule has 1 rings (SSSR count). The molecule has 0 saturated heterocycles. The van der Waals surface area contributed by atoms with Crippen LogP contribution in [0.4, 0.5) is 10.1 Å². The second kappa shape index (κ2) is 3.74. The molecule has 0 amide bonds. The molecule has 66 valence electrons. The summed E-state index contributed by atoms with van der Waals surface area (Å²) in [4.78, 5) is 1.77. The first-order valence-electron chi connectivity index (χ1n) is 3.51. The fourth-order valence-corrected chi connectivity index (χ4v) is 1.00. The van der Waals surface area contributed by atoms with E-state index in [-0.39, 0.29) is 5.02 Å². The Labute approximate surface area is 75.7 Å². The summed E-state index contributed by atoms with van der Waals surface area (Å²) in [6, 6.07) is 4.50. The summed E-state index contributed by atoms with van der Waals surface area (Å²) in [5.74, 6) is -0.411. The minimum atomic E-state index is -0.411. The first-order valence-corrected chi connectivity index (χ1v) is 3.89. The Morgan fingerprint density at radius 3 is 2.75 bits per heavy atom. The van der Waals surface area contributed by atoms with Crippen molar-refractivity contribution in [3.05, 3.63) is 29.0 Å². The number of benzene rings is 1. The van der Waals surface area contributed by atoms with Gasteiger partial charge in [-0.15, -0.1) is 0 Å². The van der Waals surface area contributed by atoms with Crippen molar-refractivity contribution in [1.29, 1.82) is 0 Å². The van der Waals surface area contributed by atoms with Crippen molar-refractivity contribution in [2.24, 2.45) is 5.73 Å². The molecular weight excluding hydrogens is 179 g/mol. The van der Waals surface area contributed by atoms with Crippen molar-refractivity contribution < 1.29 is 4.39 Å². The number of halogens is 2. The third kappa shape index (κ3) is 1.87. The van der Waals surface area contributed by atoms with Gasteiger partial charge in [0.05, 0.1) is 11.7 Å². The van der Waals surface area contributed by atoms with Gasteiger partial charge in [-0.1, -0.05) is 11.6 Å². The molecule has 1 aromatic rings. The first kappa shape index (κ1) is 9.29. The zero-order valence-corrected chi connectivity index (χ0v) is 7.48. The van der Waals surface area contributed by atoms with E-state index in [0.717, 1.165) is 5.69 Å². The Balaban J connectivity index is 2.96. The predicted octanol–water partition coefficient (Wildman–Crippen LogP) is 1.83. The minimum Gasteiger partial charge on any atom is -0.362 e. The lowest BCUT2D eigenvalue weighted by Gasteiger charge is -2.16. The molecule has 2 nitrogen and oxygen atoms in total. The third-order valence-electron chi connectivity index (χ3n) is 1.62. The summed E-state index contributed by atoms with van der Waals surface area (Å²) < 4.78 is 12.7. The lowest BCUT2D eigenvalue weighted by Crippen LogP contribution is -2.24. The van der Waals surface area contributed by atoms with Gasteiger partial charge in [-0.05, 0) is 18.2 Å². The molecule has 0 aliphatic carbocycles.